The Labute approximate surface area is 188 Å². The minimum atomic E-state index is -0.121. The molecule has 0 fully saturated rings. The molecule has 1 aliphatic carbocycles. The Morgan fingerprint density at radius 2 is 2.13 bits per heavy atom. The molecule has 4 rings (SSSR count). The number of carbonyl (C=O) groups excluding carboxylic acids is 1. The molecule has 0 radical (unpaired) electrons. The number of aromatic nitrogens is 3. The lowest BCUT2D eigenvalue weighted by Gasteiger charge is -2.09. The first-order valence-corrected chi connectivity index (χ1v) is 12.7. The molecule has 0 bridgehead atoms. The molecule has 30 heavy (non-hydrogen) atoms. The number of carbonyl (C=O) groups is 1. The van der Waals surface area contributed by atoms with Crippen molar-refractivity contribution in [2.24, 2.45) is 0 Å². The zero-order valence-corrected chi connectivity index (χ0v) is 19.7. The third-order valence-corrected chi connectivity index (χ3v) is 8.62. The number of hydrogen-bond donors (Lipinski definition) is 1. The monoisotopic (exact) mass is 457 g/mol. The van der Waals surface area contributed by atoms with E-state index in [2.05, 4.69) is 52.3 Å². The molecule has 0 atom stereocenters. The fourth-order valence-corrected chi connectivity index (χ4v) is 6.60. The number of hydrogen-bond acceptors (Lipinski definition) is 7. The van der Waals surface area contributed by atoms with Crippen LogP contribution in [0.1, 0.15) is 46.2 Å². The molecule has 0 saturated carbocycles. The molecule has 0 spiro atoms. The molecule has 1 amide bonds. The number of thiophene rings is 2. The second kappa shape index (κ2) is 8.92. The van der Waals surface area contributed by atoms with Gasteiger partial charge in [0.05, 0.1) is 11.3 Å². The van der Waals surface area contributed by atoms with Crippen LogP contribution in [0.5, 0.6) is 0 Å². The highest BCUT2D eigenvalue weighted by Crippen LogP contribution is 2.38. The largest absolute Gasteiger partial charge is 0.316 e. The van der Waals surface area contributed by atoms with Crippen molar-refractivity contribution in [3.05, 3.63) is 31.8 Å². The lowest BCUT2D eigenvalue weighted by molar-refractivity contribution is -0.113. The second-order valence-electron chi connectivity index (χ2n) is 7.24. The summed E-state index contributed by atoms with van der Waals surface area (Å²) in [6, 6.07) is 2.29. The first kappa shape index (κ1) is 21.1. The van der Waals surface area contributed by atoms with Crippen molar-refractivity contribution in [1.82, 2.24) is 14.8 Å². The summed E-state index contributed by atoms with van der Waals surface area (Å²) >= 11 is 4.64. The molecule has 3 aromatic heterocycles. The van der Waals surface area contributed by atoms with E-state index < -0.39 is 0 Å². The van der Waals surface area contributed by atoms with Crippen molar-refractivity contribution in [2.45, 2.75) is 58.2 Å². The first-order valence-electron chi connectivity index (χ1n) is 9.99. The average molecular weight is 458 g/mol. The third kappa shape index (κ3) is 3.92. The van der Waals surface area contributed by atoms with Gasteiger partial charge in [-0.3, -0.25) is 4.79 Å². The van der Waals surface area contributed by atoms with Crippen LogP contribution in [0.3, 0.4) is 0 Å². The van der Waals surface area contributed by atoms with Gasteiger partial charge in [-0.25, -0.2) is 0 Å². The molecule has 156 valence electrons. The smallest absolute Gasteiger partial charge is 0.235 e. The fraction of sp³-hybridized carbons (Fsp3) is 0.429. The topological polar surface area (TPSA) is 83.6 Å². The van der Waals surface area contributed by atoms with Crippen molar-refractivity contribution in [1.29, 1.82) is 5.26 Å². The summed E-state index contributed by atoms with van der Waals surface area (Å²) in [7, 11) is 0. The summed E-state index contributed by atoms with van der Waals surface area (Å²) in [6.45, 7) is 7.00. The standard InChI is InChI=1S/C21H23N5OS3/c1-4-26-19(16-10-28-13(3)12(16)2)24-25-21(26)29-11-18(27)23-20-15(9-22)14-7-5-6-8-17(14)30-20/h10H,4-8,11H2,1-3H3,(H,23,27). The molecule has 0 saturated heterocycles. The van der Waals surface area contributed by atoms with E-state index in [-0.39, 0.29) is 11.7 Å². The van der Waals surface area contributed by atoms with Gasteiger partial charge in [-0.15, -0.1) is 32.9 Å². The molecule has 0 unspecified atom stereocenters. The number of anilines is 1. The maximum absolute atomic E-state index is 12.6. The van der Waals surface area contributed by atoms with Crippen molar-refractivity contribution in [2.75, 3.05) is 11.1 Å². The van der Waals surface area contributed by atoms with Crippen LogP contribution >= 0.6 is 34.4 Å². The van der Waals surface area contributed by atoms with Gasteiger partial charge in [0.2, 0.25) is 5.91 Å². The molecular weight excluding hydrogens is 434 g/mol. The van der Waals surface area contributed by atoms with E-state index in [0.717, 1.165) is 54.3 Å². The molecule has 0 aliphatic heterocycles. The third-order valence-electron chi connectivity index (χ3n) is 5.43. The van der Waals surface area contributed by atoms with Gasteiger partial charge in [0, 0.05) is 27.2 Å². The van der Waals surface area contributed by atoms with Gasteiger partial charge in [0.15, 0.2) is 11.0 Å². The summed E-state index contributed by atoms with van der Waals surface area (Å²) in [5.41, 5.74) is 4.11. The molecule has 6 nitrogen and oxygen atoms in total. The van der Waals surface area contributed by atoms with Crippen molar-refractivity contribution in [3.8, 4) is 17.5 Å². The number of nitriles is 1. The number of amides is 1. The van der Waals surface area contributed by atoms with Crippen LogP contribution in [0.2, 0.25) is 0 Å². The van der Waals surface area contributed by atoms with Crippen LogP contribution < -0.4 is 5.32 Å². The van der Waals surface area contributed by atoms with Crippen molar-refractivity contribution in [3.63, 3.8) is 0 Å². The Morgan fingerprint density at radius 1 is 1.33 bits per heavy atom. The Morgan fingerprint density at radius 3 is 2.83 bits per heavy atom. The van der Waals surface area contributed by atoms with Crippen LogP contribution in [0.4, 0.5) is 5.00 Å². The number of nitrogens with zero attached hydrogens (tertiary/aromatic N) is 4. The summed E-state index contributed by atoms with van der Waals surface area (Å²) < 4.78 is 2.05. The van der Waals surface area contributed by atoms with E-state index in [9.17, 15) is 10.1 Å². The molecule has 9 heteroatoms. The Bertz CT molecular complexity index is 1130. The summed E-state index contributed by atoms with van der Waals surface area (Å²) in [4.78, 5) is 15.1. The van der Waals surface area contributed by atoms with Gasteiger partial charge in [0.1, 0.15) is 11.1 Å². The highest BCUT2D eigenvalue weighted by atomic mass is 32.2. The minimum Gasteiger partial charge on any atom is -0.316 e. The summed E-state index contributed by atoms with van der Waals surface area (Å²) in [5, 5.41) is 24.8. The van der Waals surface area contributed by atoms with Gasteiger partial charge < -0.3 is 9.88 Å². The van der Waals surface area contributed by atoms with E-state index in [1.165, 1.54) is 27.1 Å². The van der Waals surface area contributed by atoms with Crippen molar-refractivity contribution >= 4 is 45.3 Å². The highest BCUT2D eigenvalue weighted by molar-refractivity contribution is 7.99. The van der Waals surface area contributed by atoms with Crippen LogP contribution in [-0.2, 0) is 24.2 Å². The molecule has 1 N–H and O–H groups in total. The zero-order chi connectivity index (χ0) is 21.3. The number of thioether (sulfide) groups is 1. The molecule has 0 aromatic carbocycles. The minimum absolute atomic E-state index is 0.121. The highest BCUT2D eigenvalue weighted by Gasteiger charge is 2.22. The number of rotatable bonds is 6. The predicted molar refractivity (Wildman–Crippen MR) is 124 cm³/mol. The Kier molecular flexibility index (Phi) is 6.27. The quantitative estimate of drug-likeness (QED) is 0.515. The van der Waals surface area contributed by atoms with Gasteiger partial charge in [-0.05, 0) is 57.6 Å². The lowest BCUT2D eigenvalue weighted by Crippen LogP contribution is -2.14. The molecule has 1 aliphatic rings. The average Bonchev–Trinajstić information content (AvgIpc) is 3.41. The van der Waals surface area contributed by atoms with Crippen molar-refractivity contribution < 1.29 is 4.79 Å². The maximum atomic E-state index is 12.6. The first-order chi connectivity index (χ1) is 14.5. The number of aryl methyl sites for hydroxylation is 2. The van der Waals surface area contributed by atoms with Crippen LogP contribution in [0.15, 0.2) is 10.5 Å². The predicted octanol–water partition coefficient (Wildman–Crippen LogP) is 5.19. The molecule has 3 aromatic rings. The summed E-state index contributed by atoms with van der Waals surface area (Å²) in [5.74, 6) is 0.956. The van der Waals surface area contributed by atoms with E-state index in [1.807, 2.05) is 0 Å². The van der Waals surface area contributed by atoms with Crippen LogP contribution in [0.25, 0.3) is 11.4 Å². The van der Waals surface area contributed by atoms with E-state index >= 15 is 0 Å². The van der Waals surface area contributed by atoms with Gasteiger partial charge in [-0.2, -0.15) is 5.26 Å². The van der Waals surface area contributed by atoms with Crippen LogP contribution in [-0.4, -0.2) is 26.4 Å². The Balaban J connectivity index is 1.47. The zero-order valence-electron chi connectivity index (χ0n) is 17.2. The molecular formula is C21H23N5OS3. The van der Waals surface area contributed by atoms with Crippen LogP contribution in [0, 0.1) is 25.2 Å². The van der Waals surface area contributed by atoms with E-state index in [1.54, 1.807) is 22.7 Å². The van der Waals surface area contributed by atoms with E-state index in [4.69, 9.17) is 0 Å². The Hall–Kier alpha value is -2.15. The number of fused-ring (bicyclic) bond motifs is 1. The van der Waals surface area contributed by atoms with E-state index in [0.29, 0.717) is 10.6 Å². The maximum Gasteiger partial charge on any atom is 0.235 e. The summed E-state index contributed by atoms with van der Waals surface area (Å²) in [6.07, 6.45) is 4.20. The molecule has 3 heterocycles. The SMILES string of the molecule is CCn1c(SCC(=O)Nc2sc3c(c2C#N)CCCC3)nnc1-c1csc(C)c1C. The van der Waals surface area contributed by atoms with Gasteiger partial charge in [-0.1, -0.05) is 11.8 Å². The lowest BCUT2D eigenvalue weighted by atomic mass is 9.96. The normalized spacial score (nSPS) is 13.1. The van der Waals surface area contributed by atoms with Gasteiger partial charge >= 0.3 is 0 Å². The number of nitrogens with one attached hydrogen (secondary N) is 1. The fourth-order valence-electron chi connectivity index (χ4n) is 3.68. The van der Waals surface area contributed by atoms with Gasteiger partial charge in [0.25, 0.3) is 0 Å². The second-order valence-corrected chi connectivity index (χ2v) is 10.4.